The monoisotopic (exact) mass is 179 g/mol. The molecule has 0 bridgehead atoms. The zero-order valence-electron chi connectivity index (χ0n) is 7.44. The summed E-state index contributed by atoms with van der Waals surface area (Å²) < 4.78 is 1.98. The molecule has 2 heterocycles. The van der Waals surface area contributed by atoms with Crippen LogP contribution in [0.1, 0.15) is 10.5 Å². The highest BCUT2D eigenvalue weighted by atomic mass is 16.2. The van der Waals surface area contributed by atoms with Gasteiger partial charge in [0, 0.05) is 32.4 Å². The van der Waals surface area contributed by atoms with Gasteiger partial charge in [-0.05, 0) is 12.1 Å². The number of aromatic nitrogens is 1. The van der Waals surface area contributed by atoms with Gasteiger partial charge in [0.25, 0.3) is 5.91 Å². The summed E-state index contributed by atoms with van der Waals surface area (Å²) in [4.78, 5) is 13.5. The number of fused-ring (bicyclic) bond motifs is 1. The van der Waals surface area contributed by atoms with Crippen LogP contribution in [0.15, 0.2) is 18.3 Å². The SMILES string of the molecule is NCCN1CCn2cccc2C1=O. The Labute approximate surface area is 76.9 Å². The molecular weight excluding hydrogens is 166 g/mol. The molecule has 1 aliphatic heterocycles. The van der Waals surface area contributed by atoms with E-state index in [-0.39, 0.29) is 5.91 Å². The van der Waals surface area contributed by atoms with Crippen LogP contribution in [-0.4, -0.2) is 35.0 Å². The molecule has 0 unspecified atom stereocenters. The summed E-state index contributed by atoms with van der Waals surface area (Å²) in [5, 5.41) is 0. The molecular formula is C9H13N3O. The Balaban J connectivity index is 2.22. The van der Waals surface area contributed by atoms with E-state index in [4.69, 9.17) is 5.73 Å². The lowest BCUT2D eigenvalue weighted by atomic mass is 10.3. The second-order valence-electron chi connectivity index (χ2n) is 3.17. The molecule has 0 saturated heterocycles. The van der Waals surface area contributed by atoms with Crippen molar-refractivity contribution in [3.05, 3.63) is 24.0 Å². The second kappa shape index (κ2) is 3.22. The lowest BCUT2D eigenvalue weighted by Gasteiger charge is -2.27. The summed E-state index contributed by atoms with van der Waals surface area (Å²) >= 11 is 0. The van der Waals surface area contributed by atoms with E-state index >= 15 is 0 Å². The van der Waals surface area contributed by atoms with Gasteiger partial charge in [0.1, 0.15) is 5.69 Å². The third-order valence-corrected chi connectivity index (χ3v) is 2.35. The van der Waals surface area contributed by atoms with E-state index in [9.17, 15) is 4.79 Å². The molecule has 1 amide bonds. The average Bonchev–Trinajstić information content (AvgIpc) is 2.58. The van der Waals surface area contributed by atoms with Crippen molar-refractivity contribution in [3.8, 4) is 0 Å². The summed E-state index contributed by atoms with van der Waals surface area (Å²) in [7, 11) is 0. The molecule has 2 N–H and O–H groups in total. The largest absolute Gasteiger partial charge is 0.342 e. The lowest BCUT2D eigenvalue weighted by Crippen LogP contribution is -2.42. The van der Waals surface area contributed by atoms with Crippen LogP contribution in [0.2, 0.25) is 0 Å². The van der Waals surface area contributed by atoms with E-state index in [0.717, 1.165) is 18.8 Å². The maximum Gasteiger partial charge on any atom is 0.270 e. The zero-order chi connectivity index (χ0) is 9.26. The number of rotatable bonds is 2. The Morgan fingerprint density at radius 1 is 1.46 bits per heavy atom. The quantitative estimate of drug-likeness (QED) is 0.689. The number of nitrogens with zero attached hydrogens (tertiary/aromatic N) is 2. The molecule has 0 saturated carbocycles. The summed E-state index contributed by atoms with van der Waals surface area (Å²) in [6.07, 6.45) is 1.94. The lowest BCUT2D eigenvalue weighted by molar-refractivity contribution is 0.0710. The van der Waals surface area contributed by atoms with Crippen LogP contribution in [0.3, 0.4) is 0 Å². The fourth-order valence-electron chi connectivity index (χ4n) is 1.66. The molecule has 13 heavy (non-hydrogen) atoms. The Kier molecular flexibility index (Phi) is 2.06. The summed E-state index contributed by atoms with van der Waals surface area (Å²) in [6.45, 7) is 2.85. The van der Waals surface area contributed by atoms with Gasteiger partial charge < -0.3 is 15.2 Å². The first-order chi connectivity index (χ1) is 6.33. The maximum absolute atomic E-state index is 11.7. The normalized spacial score (nSPS) is 16.1. The molecule has 0 atom stereocenters. The Morgan fingerprint density at radius 2 is 2.31 bits per heavy atom. The molecule has 0 aromatic carbocycles. The van der Waals surface area contributed by atoms with E-state index in [1.807, 2.05) is 22.9 Å². The fourth-order valence-corrected chi connectivity index (χ4v) is 1.66. The number of carbonyl (C=O) groups excluding carboxylic acids is 1. The molecule has 0 fully saturated rings. The standard InChI is InChI=1S/C9H13N3O/c10-3-5-12-7-6-11-4-1-2-8(11)9(12)13/h1-2,4H,3,5-7,10H2. The third-order valence-electron chi connectivity index (χ3n) is 2.35. The van der Waals surface area contributed by atoms with E-state index < -0.39 is 0 Å². The minimum absolute atomic E-state index is 0.0988. The van der Waals surface area contributed by atoms with Crippen LogP contribution in [0.5, 0.6) is 0 Å². The predicted molar refractivity (Wildman–Crippen MR) is 49.4 cm³/mol. The van der Waals surface area contributed by atoms with Gasteiger partial charge in [-0.3, -0.25) is 4.79 Å². The van der Waals surface area contributed by atoms with Gasteiger partial charge in [-0.25, -0.2) is 0 Å². The zero-order valence-corrected chi connectivity index (χ0v) is 7.44. The molecule has 4 nitrogen and oxygen atoms in total. The molecule has 4 heteroatoms. The topological polar surface area (TPSA) is 51.3 Å². The molecule has 0 radical (unpaired) electrons. The van der Waals surface area contributed by atoms with Crippen molar-refractivity contribution in [2.24, 2.45) is 5.73 Å². The van der Waals surface area contributed by atoms with Crippen molar-refractivity contribution in [1.82, 2.24) is 9.47 Å². The molecule has 0 aliphatic carbocycles. The summed E-state index contributed by atoms with van der Waals surface area (Å²) in [6, 6.07) is 3.75. The van der Waals surface area contributed by atoms with Crippen LogP contribution in [-0.2, 0) is 6.54 Å². The van der Waals surface area contributed by atoms with Crippen molar-refractivity contribution in [3.63, 3.8) is 0 Å². The van der Waals surface area contributed by atoms with Gasteiger partial charge in [0.2, 0.25) is 0 Å². The first-order valence-corrected chi connectivity index (χ1v) is 4.47. The predicted octanol–water partition coefficient (Wildman–Crippen LogP) is -0.0974. The van der Waals surface area contributed by atoms with E-state index in [2.05, 4.69) is 0 Å². The number of amides is 1. The molecule has 1 aliphatic rings. The Hall–Kier alpha value is -1.29. The van der Waals surface area contributed by atoms with Crippen molar-refractivity contribution >= 4 is 5.91 Å². The summed E-state index contributed by atoms with van der Waals surface area (Å²) in [5.74, 6) is 0.0988. The van der Waals surface area contributed by atoms with Crippen molar-refractivity contribution in [2.75, 3.05) is 19.6 Å². The highest BCUT2D eigenvalue weighted by Gasteiger charge is 2.22. The van der Waals surface area contributed by atoms with Crippen LogP contribution < -0.4 is 5.73 Å². The van der Waals surface area contributed by atoms with Gasteiger partial charge in [-0.1, -0.05) is 0 Å². The smallest absolute Gasteiger partial charge is 0.270 e. The summed E-state index contributed by atoms with van der Waals surface area (Å²) in [5.41, 5.74) is 6.19. The Morgan fingerprint density at radius 3 is 3.08 bits per heavy atom. The van der Waals surface area contributed by atoms with Crippen molar-refractivity contribution < 1.29 is 4.79 Å². The first kappa shape index (κ1) is 8.31. The van der Waals surface area contributed by atoms with Crippen LogP contribution in [0, 0.1) is 0 Å². The van der Waals surface area contributed by atoms with E-state index in [0.29, 0.717) is 13.1 Å². The third kappa shape index (κ3) is 1.33. The number of nitrogens with two attached hydrogens (primary N) is 1. The van der Waals surface area contributed by atoms with Crippen LogP contribution in [0.25, 0.3) is 0 Å². The second-order valence-corrected chi connectivity index (χ2v) is 3.17. The first-order valence-electron chi connectivity index (χ1n) is 4.47. The van der Waals surface area contributed by atoms with Gasteiger partial charge in [0.05, 0.1) is 0 Å². The average molecular weight is 179 g/mol. The highest BCUT2D eigenvalue weighted by Crippen LogP contribution is 2.11. The van der Waals surface area contributed by atoms with Gasteiger partial charge in [0.15, 0.2) is 0 Å². The van der Waals surface area contributed by atoms with Gasteiger partial charge in [-0.15, -0.1) is 0 Å². The minimum Gasteiger partial charge on any atom is -0.342 e. The highest BCUT2D eigenvalue weighted by molar-refractivity contribution is 5.93. The molecule has 70 valence electrons. The molecule has 2 rings (SSSR count). The number of hydrogen-bond donors (Lipinski definition) is 1. The maximum atomic E-state index is 11.7. The molecule has 1 aromatic rings. The minimum atomic E-state index is 0.0988. The molecule has 0 spiro atoms. The van der Waals surface area contributed by atoms with Gasteiger partial charge in [-0.2, -0.15) is 0 Å². The van der Waals surface area contributed by atoms with Crippen molar-refractivity contribution in [2.45, 2.75) is 6.54 Å². The molecule has 1 aromatic heterocycles. The van der Waals surface area contributed by atoms with Crippen LogP contribution in [0.4, 0.5) is 0 Å². The van der Waals surface area contributed by atoms with Crippen molar-refractivity contribution in [1.29, 1.82) is 0 Å². The van der Waals surface area contributed by atoms with Crippen LogP contribution >= 0.6 is 0 Å². The van der Waals surface area contributed by atoms with Gasteiger partial charge >= 0.3 is 0 Å². The number of carbonyl (C=O) groups is 1. The number of hydrogen-bond acceptors (Lipinski definition) is 2. The van der Waals surface area contributed by atoms with E-state index in [1.54, 1.807) is 4.90 Å². The van der Waals surface area contributed by atoms with E-state index in [1.165, 1.54) is 0 Å². The fraction of sp³-hybridized carbons (Fsp3) is 0.444. The Bertz CT molecular complexity index is 318.